The van der Waals surface area contributed by atoms with Crippen molar-refractivity contribution >= 4 is 7.92 Å². The second kappa shape index (κ2) is 13.7. The Labute approximate surface area is 149 Å². The first-order valence-corrected chi connectivity index (χ1v) is 13.0. The fourth-order valence-corrected chi connectivity index (χ4v) is 5.39. The minimum Gasteiger partial charge on any atom is -0.110 e. The zero-order chi connectivity index (χ0) is 16.9. The maximum Gasteiger partial charge on any atom is -0.0328 e. The van der Waals surface area contributed by atoms with Gasteiger partial charge in [0.15, 0.2) is 0 Å². The van der Waals surface area contributed by atoms with Crippen LogP contribution in [0.2, 0.25) is 0 Å². The summed E-state index contributed by atoms with van der Waals surface area (Å²) in [4.78, 5) is 0. The van der Waals surface area contributed by atoms with Gasteiger partial charge in [-0.05, 0) is 43.2 Å². The van der Waals surface area contributed by atoms with Gasteiger partial charge in [0, 0.05) is 0 Å². The molecule has 0 aliphatic heterocycles. The molecule has 1 rings (SSSR count). The molecule has 1 fully saturated rings. The molecule has 138 valence electrons. The first kappa shape index (κ1) is 21.5. The fourth-order valence-electron chi connectivity index (χ4n) is 4.31. The van der Waals surface area contributed by atoms with Crippen LogP contribution in [0.4, 0.5) is 0 Å². The fraction of sp³-hybridized carbons (Fsp3) is 1.00. The quantitative estimate of drug-likeness (QED) is 0.324. The van der Waals surface area contributed by atoms with Crippen LogP contribution in [0, 0.1) is 17.8 Å². The average molecular weight is 341 g/mol. The molecule has 1 heteroatoms. The normalized spacial score (nSPS) is 29.5. The van der Waals surface area contributed by atoms with Crippen molar-refractivity contribution in [3.63, 3.8) is 0 Å². The van der Waals surface area contributed by atoms with Gasteiger partial charge in [-0.25, -0.2) is 0 Å². The highest BCUT2D eigenvalue weighted by atomic mass is 31.1. The third-order valence-electron chi connectivity index (χ3n) is 6.36. The standard InChI is InChI=1S/C22H45P/c1-5-21-15-9-12-20(3)13-10-17-22(18-11-16-21)14-7-8-19-23(4)6-2/h20-22H,5-19H2,1-4H3. The van der Waals surface area contributed by atoms with Gasteiger partial charge in [0.05, 0.1) is 0 Å². The van der Waals surface area contributed by atoms with Gasteiger partial charge in [0.1, 0.15) is 0 Å². The lowest BCUT2D eigenvalue weighted by molar-refractivity contribution is 0.310. The van der Waals surface area contributed by atoms with Gasteiger partial charge >= 0.3 is 0 Å². The Kier molecular flexibility index (Phi) is 12.8. The van der Waals surface area contributed by atoms with Crippen LogP contribution < -0.4 is 0 Å². The predicted octanol–water partition coefficient (Wildman–Crippen LogP) is 8.09. The van der Waals surface area contributed by atoms with E-state index < -0.39 is 0 Å². The van der Waals surface area contributed by atoms with Crippen LogP contribution in [0.5, 0.6) is 0 Å². The lowest BCUT2D eigenvalue weighted by Crippen LogP contribution is -2.08. The first-order chi connectivity index (χ1) is 11.2. The number of rotatable bonds is 7. The molecule has 23 heavy (non-hydrogen) atoms. The van der Waals surface area contributed by atoms with Crippen molar-refractivity contribution in [2.45, 2.75) is 104 Å². The third kappa shape index (κ3) is 10.8. The molecule has 0 aromatic carbocycles. The molecule has 0 bridgehead atoms. The van der Waals surface area contributed by atoms with E-state index >= 15 is 0 Å². The molecular weight excluding hydrogens is 295 g/mol. The van der Waals surface area contributed by atoms with E-state index in [1.54, 1.807) is 0 Å². The third-order valence-corrected chi connectivity index (χ3v) is 8.52. The zero-order valence-electron chi connectivity index (χ0n) is 16.8. The summed E-state index contributed by atoms with van der Waals surface area (Å²) < 4.78 is 0. The second-order valence-electron chi connectivity index (χ2n) is 8.43. The van der Waals surface area contributed by atoms with Crippen LogP contribution in [0.15, 0.2) is 0 Å². The number of hydrogen-bond donors (Lipinski definition) is 0. The van der Waals surface area contributed by atoms with E-state index in [-0.39, 0.29) is 0 Å². The van der Waals surface area contributed by atoms with Crippen molar-refractivity contribution in [1.82, 2.24) is 0 Å². The molecule has 0 saturated heterocycles. The highest BCUT2D eigenvalue weighted by molar-refractivity contribution is 7.56. The van der Waals surface area contributed by atoms with Crippen LogP contribution >= 0.6 is 7.92 Å². The van der Waals surface area contributed by atoms with Crippen LogP contribution in [-0.4, -0.2) is 19.0 Å². The predicted molar refractivity (Wildman–Crippen MR) is 110 cm³/mol. The first-order valence-electron chi connectivity index (χ1n) is 10.8. The van der Waals surface area contributed by atoms with E-state index in [4.69, 9.17) is 0 Å². The van der Waals surface area contributed by atoms with Crippen LogP contribution in [0.1, 0.15) is 104 Å². The largest absolute Gasteiger partial charge is 0.110 e. The minimum atomic E-state index is 0.355. The Morgan fingerprint density at radius 2 is 1.35 bits per heavy atom. The molecule has 0 amide bonds. The molecule has 4 unspecified atom stereocenters. The van der Waals surface area contributed by atoms with E-state index in [1.165, 1.54) is 95.8 Å². The van der Waals surface area contributed by atoms with Crippen molar-refractivity contribution in [3.8, 4) is 0 Å². The highest BCUT2D eigenvalue weighted by Crippen LogP contribution is 2.33. The molecule has 0 N–H and O–H groups in total. The van der Waals surface area contributed by atoms with E-state index in [0.717, 1.165) is 17.8 Å². The molecular formula is C22H45P. The van der Waals surface area contributed by atoms with Crippen LogP contribution in [0.25, 0.3) is 0 Å². The smallest absolute Gasteiger partial charge is 0.0328 e. The lowest BCUT2D eigenvalue weighted by atomic mass is 9.84. The van der Waals surface area contributed by atoms with Gasteiger partial charge < -0.3 is 0 Å². The zero-order valence-corrected chi connectivity index (χ0v) is 17.7. The molecule has 0 aromatic heterocycles. The molecule has 0 spiro atoms. The van der Waals surface area contributed by atoms with Gasteiger partial charge in [-0.1, -0.05) is 97.8 Å². The molecule has 0 radical (unpaired) electrons. The average Bonchev–Trinajstić information content (AvgIpc) is 2.54. The van der Waals surface area contributed by atoms with Gasteiger partial charge in [0.25, 0.3) is 0 Å². The molecule has 1 aliphatic carbocycles. The molecule has 0 heterocycles. The summed E-state index contributed by atoms with van der Waals surface area (Å²) in [6.45, 7) is 9.76. The van der Waals surface area contributed by atoms with Crippen molar-refractivity contribution in [3.05, 3.63) is 0 Å². The molecule has 1 saturated carbocycles. The summed E-state index contributed by atoms with van der Waals surface area (Å²) in [6.07, 6.45) is 22.4. The van der Waals surface area contributed by atoms with E-state index in [9.17, 15) is 0 Å². The summed E-state index contributed by atoms with van der Waals surface area (Å²) in [6, 6.07) is 0. The number of hydrogen-bond acceptors (Lipinski definition) is 0. The summed E-state index contributed by atoms with van der Waals surface area (Å²) in [5.41, 5.74) is 0. The van der Waals surface area contributed by atoms with Crippen molar-refractivity contribution in [1.29, 1.82) is 0 Å². The molecule has 1 aliphatic rings. The SMILES string of the molecule is CCC1CCCC(C)CCCC(CCCCP(C)CC)CCC1. The second-order valence-corrected chi connectivity index (χ2v) is 11.2. The van der Waals surface area contributed by atoms with E-state index in [1.807, 2.05) is 0 Å². The van der Waals surface area contributed by atoms with Gasteiger partial charge in [0.2, 0.25) is 0 Å². The Balaban J connectivity index is 2.33. The lowest BCUT2D eigenvalue weighted by Gasteiger charge is -2.22. The summed E-state index contributed by atoms with van der Waals surface area (Å²) in [5, 5.41) is 0. The van der Waals surface area contributed by atoms with Crippen molar-refractivity contribution < 1.29 is 0 Å². The summed E-state index contributed by atoms with van der Waals surface area (Å²) >= 11 is 0. The van der Waals surface area contributed by atoms with Gasteiger partial charge in [-0.15, -0.1) is 7.92 Å². The van der Waals surface area contributed by atoms with Crippen LogP contribution in [-0.2, 0) is 0 Å². The minimum absolute atomic E-state index is 0.355. The number of unbranched alkanes of at least 4 members (excludes halogenated alkanes) is 1. The Hall–Kier alpha value is 0.430. The maximum atomic E-state index is 2.50. The van der Waals surface area contributed by atoms with Gasteiger partial charge in [-0.3, -0.25) is 0 Å². The Bertz CT molecular complexity index is 263. The highest BCUT2D eigenvalue weighted by Gasteiger charge is 2.14. The topological polar surface area (TPSA) is 0 Å². The Morgan fingerprint density at radius 3 is 1.91 bits per heavy atom. The van der Waals surface area contributed by atoms with Crippen molar-refractivity contribution in [2.24, 2.45) is 17.8 Å². The molecule has 0 aromatic rings. The summed E-state index contributed by atoms with van der Waals surface area (Å²) in [7, 11) is 0.355. The Morgan fingerprint density at radius 1 is 0.783 bits per heavy atom. The van der Waals surface area contributed by atoms with E-state index in [0.29, 0.717) is 7.92 Å². The summed E-state index contributed by atoms with van der Waals surface area (Å²) in [5.74, 6) is 3.04. The molecule has 4 atom stereocenters. The van der Waals surface area contributed by atoms with Crippen molar-refractivity contribution in [2.75, 3.05) is 19.0 Å². The van der Waals surface area contributed by atoms with Gasteiger partial charge in [-0.2, -0.15) is 0 Å². The molecule has 0 nitrogen and oxygen atoms in total. The monoisotopic (exact) mass is 340 g/mol. The van der Waals surface area contributed by atoms with E-state index in [2.05, 4.69) is 27.4 Å². The maximum absolute atomic E-state index is 2.50. The van der Waals surface area contributed by atoms with Crippen LogP contribution in [0.3, 0.4) is 0 Å².